The Bertz CT molecular complexity index is 467. The summed E-state index contributed by atoms with van der Waals surface area (Å²) in [4.78, 5) is 11.9. The summed E-state index contributed by atoms with van der Waals surface area (Å²) in [6.45, 7) is 4.59. The first-order valence-electron chi connectivity index (χ1n) is 7.54. The van der Waals surface area contributed by atoms with Crippen LogP contribution in [0.5, 0.6) is 5.75 Å². The molecule has 0 spiro atoms. The largest absolute Gasteiger partial charge is 0.492 e. The molecule has 0 aliphatic carbocycles. The zero-order chi connectivity index (χ0) is 15.1. The molecule has 1 fully saturated rings. The van der Waals surface area contributed by atoms with Crippen LogP contribution in [-0.2, 0) is 4.79 Å². The highest BCUT2D eigenvalue weighted by Gasteiger charge is 2.22. The lowest BCUT2D eigenvalue weighted by atomic mass is 9.95. The topological polar surface area (TPSA) is 50.4 Å². The van der Waals surface area contributed by atoms with Crippen LogP contribution in [0.3, 0.4) is 0 Å². The molecule has 21 heavy (non-hydrogen) atoms. The smallest absolute Gasteiger partial charge is 0.220 e. The second-order valence-corrected chi connectivity index (χ2v) is 5.93. The number of carbonyl (C=O) groups excluding carboxylic acids is 1. The maximum Gasteiger partial charge on any atom is 0.220 e. The number of nitrogens with one attached hydrogen (secondary N) is 2. The highest BCUT2D eigenvalue weighted by atomic mass is 35.5. The molecule has 2 atom stereocenters. The summed E-state index contributed by atoms with van der Waals surface area (Å²) < 4.78 is 5.57. The van der Waals surface area contributed by atoms with Gasteiger partial charge in [-0.1, -0.05) is 30.7 Å². The van der Waals surface area contributed by atoms with Crippen LogP contribution in [0.2, 0.25) is 5.02 Å². The Balaban J connectivity index is 1.64. The molecular formula is C16H23ClN2O2. The van der Waals surface area contributed by atoms with Gasteiger partial charge in [0.05, 0.1) is 11.6 Å². The third-order valence-corrected chi connectivity index (χ3v) is 4.13. The molecule has 1 saturated heterocycles. The molecule has 116 valence electrons. The first kappa shape index (κ1) is 16.1. The van der Waals surface area contributed by atoms with Crippen molar-refractivity contribution in [1.82, 2.24) is 10.6 Å². The van der Waals surface area contributed by atoms with Gasteiger partial charge in [-0.2, -0.15) is 0 Å². The van der Waals surface area contributed by atoms with Gasteiger partial charge in [-0.25, -0.2) is 0 Å². The van der Waals surface area contributed by atoms with Crippen molar-refractivity contribution < 1.29 is 9.53 Å². The van der Waals surface area contributed by atoms with Crippen molar-refractivity contribution in [2.24, 2.45) is 5.92 Å². The third kappa shape index (κ3) is 5.21. The lowest BCUT2D eigenvalue weighted by Crippen LogP contribution is -2.50. The van der Waals surface area contributed by atoms with Gasteiger partial charge in [0.25, 0.3) is 0 Å². The van der Waals surface area contributed by atoms with Crippen molar-refractivity contribution >= 4 is 17.5 Å². The van der Waals surface area contributed by atoms with Crippen molar-refractivity contribution in [2.45, 2.75) is 32.2 Å². The van der Waals surface area contributed by atoms with Crippen molar-refractivity contribution in [3.8, 4) is 5.75 Å². The standard InChI is InChI=1S/C16H23ClN2O2/c1-12-8-9-18-11-14(12)19-16(20)7-4-10-21-15-6-3-2-5-13(15)17/h2-3,5-6,12,14,18H,4,7-11H2,1H3,(H,19,20). The summed E-state index contributed by atoms with van der Waals surface area (Å²) >= 11 is 6.00. The van der Waals surface area contributed by atoms with Crippen LogP contribution in [0.1, 0.15) is 26.2 Å². The Morgan fingerprint density at radius 1 is 1.48 bits per heavy atom. The molecule has 5 heteroatoms. The van der Waals surface area contributed by atoms with Crippen LogP contribution in [0, 0.1) is 5.92 Å². The van der Waals surface area contributed by atoms with E-state index in [2.05, 4.69) is 17.6 Å². The number of rotatable bonds is 6. The SMILES string of the molecule is CC1CCNCC1NC(=O)CCCOc1ccccc1Cl. The molecule has 0 radical (unpaired) electrons. The van der Waals surface area contributed by atoms with Crippen LogP contribution in [0.15, 0.2) is 24.3 Å². The van der Waals surface area contributed by atoms with E-state index < -0.39 is 0 Å². The van der Waals surface area contributed by atoms with Crippen molar-refractivity contribution in [3.05, 3.63) is 29.3 Å². The second-order valence-electron chi connectivity index (χ2n) is 5.53. The van der Waals surface area contributed by atoms with Crippen LogP contribution < -0.4 is 15.4 Å². The highest BCUT2D eigenvalue weighted by molar-refractivity contribution is 6.32. The van der Waals surface area contributed by atoms with Gasteiger partial charge in [0.15, 0.2) is 0 Å². The average Bonchev–Trinajstić information content (AvgIpc) is 2.48. The van der Waals surface area contributed by atoms with Gasteiger partial charge in [-0.05, 0) is 37.4 Å². The molecule has 0 saturated carbocycles. The van der Waals surface area contributed by atoms with Gasteiger partial charge in [0.1, 0.15) is 5.75 Å². The highest BCUT2D eigenvalue weighted by Crippen LogP contribution is 2.23. The van der Waals surface area contributed by atoms with E-state index in [-0.39, 0.29) is 11.9 Å². The van der Waals surface area contributed by atoms with Gasteiger partial charge in [-0.3, -0.25) is 4.79 Å². The van der Waals surface area contributed by atoms with Crippen LogP contribution in [-0.4, -0.2) is 31.6 Å². The minimum atomic E-state index is 0.0957. The first-order valence-corrected chi connectivity index (χ1v) is 7.92. The third-order valence-electron chi connectivity index (χ3n) is 3.82. The number of amides is 1. The molecule has 0 bridgehead atoms. The van der Waals surface area contributed by atoms with Crippen molar-refractivity contribution in [1.29, 1.82) is 0 Å². The summed E-state index contributed by atoms with van der Waals surface area (Å²) in [7, 11) is 0. The summed E-state index contributed by atoms with van der Waals surface area (Å²) in [5.74, 6) is 1.30. The molecule has 1 aliphatic rings. The Morgan fingerprint density at radius 2 is 2.29 bits per heavy atom. The van der Waals surface area contributed by atoms with E-state index in [1.54, 1.807) is 6.07 Å². The Kier molecular flexibility index (Phi) is 6.33. The van der Waals surface area contributed by atoms with E-state index in [0.717, 1.165) is 19.5 Å². The van der Waals surface area contributed by atoms with E-state index >= 15 is 0 Å². The Hall–Kier alpha value is -1.26. The number of carbonyl (C=O) groups is 1. The normalized spacial score (nSPS) is 21.8. The van der Waals surface area contributed by atoms with E-state index in [1.807, 2.05) is 18.2 Å². The number of para-hydroxylation sites is 1. The molecule has 2 unspecified atom stereocenters. The van der Waals surface area contributed by atoms with E-state index in [1.165, 1.54) is 0 Å². The molecule has 1 aromatic carbocycles. The molecule has 1 amide bonds. The van der Waals surface area contributed by atoms with E-state index in [9.17, 15) is 4.79 Å². The van der Waals surface area contributed by atoms with Crippen LogP contribution in [0.4, 0.5) is 0 Å². The molecule has 4 nitrogen and oxygen atoms in total. The van der Waals surface area contributed by atoms with Gasteiger partial charge in [-0.15, -0.1) is 0 Å². The maximum atomic E-state index is 11.9. The lowest BCUT2D eigenvalue weighted by Gasteiger charge is -2.30. The first-order chi connectivity index (χ1) is 10.2. The maximum absolute atomic E-state index is 11.9. The molecule has 1 heterocycles. The number of hydrogen-bond donors (Lipinski definition) is 2. The fourth-order valence-corrected chi connectivity index (χ4v) is 2.63. The van der Waals surface area contributed by atoms with Gasteiger partial charge in [0.2, 0.25) is 5.91 Å². The summed E-state index contributed by atoms with van der Waals surface area (Å²) in [5.41, 5.74) is 0. The molecular weight excluding hydrogens is 288 g/mol. The summed E-state index contributed by atoms with van der Waals surface area (Å²) in [6.07, 6.45) is 2.28. The number of hydrogen-bond acceptors (Lipinski definition) is 3. The zero-order valence-corrected chi connectivity index (χ0v) is 13.2. The van der Waals surface area contributed by atoms with E-state index in [0.29, 0.717) is 36.1 Å². The fourth-order valence-electron chi connectivity index (χ4n) is 2.44. The van der Waals surface area contributed by atoms with Crippen LogP contribution in [0.25, 0.3) is 0 Å². The fraction of sp³-hybridized carbons (Fsp3) is 0.562. The Morgan fingerprint density at radius 3 is 3.05 bits per heavy atom. The quantitative estimate of drug-likeness (QED) is 0.794. The van der Waals surface area contributed by atoms with Gasteiger partial charge >= 0.3 is 0 Å². The number of halogens is 1. The summed E-state index contributed by atoms with van der Waals surface area (Å²) in [5, 5.41) is 7.01. The molecule has 1 aliphatic heterocycles. The zero-order valence-electron chi connectivity index (χ0n) is 12.4. The molecule has 1 aromatic rings. The molecule has 2 N–H and O–H groups in total. The molecule has 2 rings (SSSR count). The van der Waals surface area contributed by atoms with Crippen LogP contribution >= 0.6 is 11.6 Å². The lowest BCUT2D eigenvalue weighted by molar-refractivity contribution is -0.122. The molecule has 0 aromatic heterocycles. The minimum absolute atomic E-state index is 0.0957. The number of benzene rings is 1. The predicted molar refractivity (Wildman–Crippen MR) is 84.8 cm³/mol. The average molecular weight is 311 g/mol. The van der Waals surface area contributed by atoms with Crippen molar-refractivity contribution in [2.75, 3.05) is 19.7 Å². The van der Waals surface area contributed by atoms with Crippen molar-refractivity contribution in [3.63, 3.8) is 0 Å². The minimum Gasteiger partial charge on any atom is -0.492 e. The van der Waals surface area contributed by atoms with E-state index in [4.69, 9.17) is 16.3 Å². The van der Waals surface area contributed by atoms with Gasteiger partial charge < -0.3 is 15.4 Å². The van der Waals surface area contributed by atoms with Gasteiger partial charge in [0, 0.05) is 19.0 Å². The Labute approximate surface area is 131 Å². The predicted octanol–water partition coefficient (Wildman–Crippen LogP) is 2.61. The number of ether oxygens (including phenoxy) is 1. The second kappa shape index (κ2) is 8.25. The number of piperidine rings is 1. The summed E-state index contributed by atoms with van der Waals surface area (Å²) in [6, 6.07) is 7.61. The monoisotopic (exact) mass is 310 g/mol.